The van der Waals surface area contributed by atoms with Gasteiger partial charge in [-0.1, -0.05) is 29.8 Å². The van der Waals surface area contributed by atoms with Crippen molar-refractivity contribution in [3.05, 3.63) is 48.4 Å². The van der Waals surface area contributed by atoms with E-state index in [-0.39, 0.29) is 6.61 Å². The number of anilines is 1. The van der Waals surface area contributed by atoms with Crippen LogP contribution in [0.2, 0.25) is 0 Å². The van der Waals surface area contributed by atoms with Gasteiger partial charge in [0.05, 0.1) is 18.5 Å². The molecule has 1 saturated heterocycles. The van der Waals surface area contributed by atoms with Crippen molar-refractivity contribution < 1.29 is 5.11 Å². The van der Waals surface area contributed by atoms with Crippen molar-refractivity contribution in [2.45, 2.75) is 6.92 Å². The Labute approximate surface area is 147 Å². The van der Waals surface area contributed by atoms with E-state index < -0.39 is 0 Å². The van der Waals surface area contributed by atoms with Crippen LogP contribution >= 0.6 is 0 Å². The number of piperazine rings is 1. The largest absolute Gasteiger partial charge is 0.395 e. The monoisotopic (exact) mass is 337 g/mol. The molecule has 6 heteroatoms. The number of imidazole rings is 1. The number of benzene rings is 1. The molecule has 25 heavy (non-hydrogen) atoms. The molecule has 0 radical (unpaired) electrons. The van der Waals surface area contributed by atoms with E-state index in [2.05, 4.69) is 55.4 Å². The number of aryl methyl sites for hydroxylation is 1. The van der Waals surface area contributed by atoms with Gasteiger partial charge in [-0.3, -0.25) is 9.30 Å². The topological polar surface area (TPSA) is 56.9 Å². The summed E-state index contributed by atoms with van der Waals surface area (Å²) >= 11 is 0. The van der Waals surface area contributed by atoms with Crippen molar-refractivity contribution in [3.63, 3.8) is 0 Å². The number of hydrogen-bond acceptors (Lipinski definition) is 5. The summed E-state index contributed by atoms with van der Waals surface area (Å²) in [5.41, 5.74) is 4.38. The van der Waals surface area contributed by atoms with Crippen LogP contribution in [-0.2, 0) is 0 Å². The number of aliphatic hydroxyl groups is 1. The zero-order chi connectivity index (χ0) is 17.2. The molecule has 0 atom stereocenters. The van der Waals surface area contributed by atoms with Gasteiger partial charge in [0.2, 0.25) is 0 Å². The van der Waals surface area contributed by atoms with Crippen LogP contribution in [0.5, 0.6) is 0 Å². The SMILES string of the molecule is Cc1ccc(-c2cnc3c(N4CCN(CCO)CC4)nccn23)cc1. The third-order valence-corrected chi connectivity index (χ3v) is 4.84. The van der Waals surface area contributed by atoms with Gasteiger partial charge >= 0.3 is 0 Å². The summed E-state index contributed by atoms with van der Waals surface area (Å²) in [6.45, 7) is 6.74. The fourth-order valence-electron chi connectivity index (χ4n) is 3.39. The van der Waals surface area contributed by atoms with E-state index in [1.54, 1.807) is 0 Å². The molecule has 0 spiro atoms. The van der Waals surface area contributed by atoms with Crippen molar-refractivity contribution in [1.82, 2.24) is 19.3 Å². The normalized spacial score (nSPS) is 15.8. The highest BCUT2D eigenvalue weighted by Gasteiger charge is 2.21. The highest BCUT2D eigenvalue weighted by molar-refractivity contribution is 5.71. The van der Waals surface area contributed by atoms with E-state index in [0.717, 1.165) is 55.4 Å². The molecule has 0 bridgehead atoms. The van der Waals surface area contributed by atoms with Gasteiger partial charge in [-0.2, -0.15) is 0 Å². The van der Waals surface area contributed by atoms with Gasteiger partial charge in [-0.25, -0.2) is 9.97 Å². The number of aromatic nitrogens is 3. The van der Waals surface area contributed by atoms with Crippen molar-refractivity contribution in [1.29, 1.82) is 0 Å². The molecule has 0 aliphatic carbocycles. The van der Waals surface area contributed by atoms with E-state index in [9.17, 15) is 0 Å². The highest BCUT2D eigenvalue weighted by Crippen LogP contribution is 2.26. The van der Waals surface area contributed by atoms with Crippen LogP contribution in [0.3, 0.4) is 0 Å². The molecule has 1 N–H and O–H groups in total. The minimum absolute atomic E-state index is 0.216. The van der Waals surface area contributed by atoms with Gasteiger partial charge in [0.25, 0.3) is 0 Å². The molecule has 1 fully saturated rings. The van der Waals surface area contributed by atoms with Crippen LogP contribution in [0.25, 0.3) is 16.9 Å². The average Bonchev–Trinajstić information content (AvgIpc) is 3.08. The quantitative estimate of drug-likeness (QED) is 0.787. The Balaban J connectivity index is 1.65. The molecule has 3 heterocycles. The first-order valence-electron chi connectivity index (χ1n) is 8.73. The fraction of sp³-hybridized carbons (Fsp3) is 0.368. The maximum absolute atomic E-state index is 9.09. The maximum atomic E-state index is 9.09. The second-order valence-corrected chi connectivity index (χ2v) is 6.51. The molecule has 0 saturated carbocycles. The van der Waals surface area contributed by atoms with Gasteiger partial charge < -0.3 is 10.0 Å². The minimum Gasteiger partial charge on any atom is -0.395 e. The van der Waals surface area contributed by atoms with Crippen molar-refractivity contribution in [2.24, 2.45) is 0 Å². The molecule has 1 aromatic carbocycles. The molecule has 130 valence electrons. The summed E-state index contributed by atoms with van der Waals surface area (Å²) in [7, 11) is 0. The van der Waals surface area contributed by atoms with Crippen LogP contribution in [-0.4, -0.2) is 63.7 Å². The van der Waals surface area contributed by atoms with E-state index >= 15 is 0 Å². The zero-order valence-electron chi connectivity index (χ0n) is 14.5. The molecule has 2 aromatic heterocycles. The van der Waals surface area contributed by atoms with Crippen molar-refractivity contribution in [2.75, 3.05) is 44.2 Å². The second-order valence-electron chi connectivity index (χ2n) is 6.51. The Morgan fingerprint density at radius 1 is 1.04 bits per heavy atom. The number of hydrogen-bond donors (Lipinski definition) is 1. The van der Waals surface area contributed by atoms with E-state index in [1.807, 2.05) is 18.6 Å². The summed E-state index contributed by atoms with van der Waals surface area (Å²) in [4.78, 5) is 13.8. The Kier molecular flexibility index (Phi) is 4.38. The van der Waals surface area contributed by atoms with E-state index in [0.29, 0.717) is 0 Å². The van der Waals surface area contributed by atoms with Crippen LogP contribution in [0, 0.1) is 6.92 Å². The number of aliphatic hydroxyl groups excluding tert-OH is 1. The molecule has 0 amide bonds. The summed E-state index contributed by atoms with van der Waals surface area (Å²) in [5.74, 6) is 0.935. The minimum atomic E-state index is 0.216. The van der Waals surface area contributed by atoms with Gasteiger partial charge in [0.15, 0.2) is 11.5 Å². The van der Waals surface area contributed by atoms with Crippen LogP contribution < -0.4 is 4.90 Å². The lowest BCUT2D eigenvalue weighted by Gasteiger charge is -2.35. The molecular formula is C19H23N5O. The Morgan fingerprint density at radius 3 is 2.52 bits per heavy atom. The number of nitrogens with zero attached hydrogens (tertiary/aromatic N) is 5. The lowest BCUT2D eigenvalue weighted by Crippen LogP contribution is -2.47. The summed E-state index contributed by atoms with van der Waals surface area (Å²) in [5, 5.41) is 9.09. The molecule has 1 aliphatic rings. The lowest BCUT2D eigenvalue weighted by atomic mass is 10.1. The Hall–Kier alpha value is -2.44. The highest BCUT2D eigenvalue weighted by atomic mass is 16.3. The predicted molar refractivity (Wildman–Crippen MR) is 98.9 cm³/mol. The standard InChI is InChI=1S/C19H23N5O/c1-15-2-4-16(5-3-15)17-14-21-19-18(20-6-7-24(17)19)23-10-8-22(9-11-23)12-13-25/h2-7,14,25H,8-13H2,1H3. The van der Waals surface area contributed by atoms with Gasteiger partial charge in [-0.15, -0.1) is 0 Å². The molecule has 3 aromatic rings. The summed E-state index contributed by atoms with van der Waals surface area (Å²) in [6.07, 6.45) is 5.75. The third-order valence-electron chi connectivity index (χ3n) is 4.84. The van der Waals surface area contributed by atoms with E-state index in [1.165, 1.54) is 5.56 Å². The third kappa shape index (κ3) is 3.10. The molecule has 1 aliphatic heterocycles. The van der Waals surface area contributed by atoms with Gasteiger partial charge in [0.1, 0.15) is 0 Å². The molecule has 0 unspecified atom stereocenters. The van der Waals surface area contributed by atoms with Crippen molar-refractivity contribution >= 4 is 11.5 Å². The molecular weight excluding hydrogens is 314 g/mol. The number of fused-ring (bicyclic) bond motifs is 1. The average molecular weight is 337 g/mol. The molecule has 6 nitrogen and oxygen atoms in total. The van der Waals surface area contributed by atoms with Crippen LogP contribution in [0.15, 0.2) is 42.9 Å². The number of rotatable bonds is 4. The number of β-amino-alcohol motifs (C(OH)–C–C–N with tert-alkyl or cyclic N) is 1. The summed E-state index contributed by atoms with van der Waals surface area (Å²) < 4.78 is 2.12. The van der Waals surface area contributed by atoms with Crippen molar-refractivity contribution in [3.8, 4) is 11.3 Å². The maximum Gasteiger partial charge on any atom is 0.180 e. The predicted octanol–water partition coefficient (Wildman–Crippen LogP) is 1.82. The first-order chi connectivity index (χ1) is 12.3. The Bertz CT molecular complexity index is 850. The van der Waals surface area contributed by atoms with Crippen LogP contribution in [0.1, 0.15) is 5.56 Å². The van der Waals surface area contributed by atoms with Crippen LogP contribution in [0.4, 0.5) is 5.82 Å². The summed E-state index contributed by atoms with van der Waals surface area (Å²) in [6, 6.07) is 8.51. The fourth-order valence-corrected chi connectivity index (χ4v) is 3.39. The molecule has 4 rings (SSSR count). The first kappa shape index (κ1) is 16.1. The smallest absolute Gasteiger partial charge is 0.180 e. The van der Waals surface area contributed by atoms with E-state index in [4.69, 9.17) is 5.11 Å². The Morgan fingerprint density at radius 2 is 1.80 bits per heavy atom. The first-order valence-corrected chi connectivity index (χ1v) is 8.73. The second kappa shape index (κ2) is 6.82. The van der Waals surface area contributed by atoms with Gasteiger partial charge in [-0.05, 0) is 6.92 Å². The lowest BCUT2D eigenvalue weighted by molar-refractivity contribution is 0.188. The van der Waals surface area contributed by atoms with Gasteiger partial charge in [0, 0.05) is 50.7 Å². The zero-order valence-corrected chi connectivity index (χ0v) is 14.5.